The zero-order valence-corrected chi connectivity index (χ0v) is 28.1. The first kappa shape index (κ1) is 28.2. The van der Waals surface area contributed by atoms with Gasteiger partial charge in [-0.3, -0.25) is 4.57 Å². The molecule has 2 aliphatic rings. The average Bonchev–Trinajstić information content (AvgIpc) is 3.69. The minimum absolute atomic E-state index is 0.138. The molecule has 0 spiro atoms. The molecule has 0 amide bonds. The van der Waals surface area contributed by atoms with E-state index >= 15 is 0 Å². The van der Waals surface area contributed by atoms with Gasteiger partial charge in [0.1, 0.15) is 0 Å². The Morgan fingerprint density at radius 2 is 0.980 bits per heavy atom. The van der Waals surface area contributed by atoms with Crippen molar-refractivity contribution in [1.82, 2.24) is 14.5 Å². The minimum atomic E-state index is -0.225. The highest BCUT2D eigenvalue weighted by Crippen LogP contribution is 2.56. The van der Waals surface area contributed by atoms with Gasteiger partial charge in [0.2, 0.25) is 5.95 Å². The molecule has 0 fully saturated rings. The van der Waals surface area contributed by atoms with Crippen LogP contribution in [0.2, 0.25) is 0 Å². The Kier molecular flexibility index (Phi) is 5.69. The van der Waals surface area contributed by atoms with E-state index in [0.29, 0.717) is 5.95 Å². The number of aromatic nitrogens is 3. The molecule has 0 saturated carbocycles. The van der Waals surface area contributed by atoms with Gasteiger partial charge in [-0.15, -0.1) is 0 Å². The zero-order valence-electron chi connectivity index (χ0n) is 28.1. The molecule has 0 unspecified atom stereocenters. The van der Waals surface area contributed by atoms with Crippen molar-refractivity contribution in [3.8, 4) is 50.7 Å². The summed E-state index contributed by atoms with van der Waals surface area (Å²) in [4.78, 5) is 10.9. The SMILES string of the molecule is CC1(C)c2ccccc2-c2c1ccc1c3ccc4c(c3n(-c3nc(-c5ccccc5)cc(-c5ccccc5)n3)c21)C(C)(C)c1ccccc1-4. The predicted octanol–water partition coefficient (Wildman–Crippen LogP) is 11.5. The van der Waals surface area contributed by atoms with E-state index in [1.54, 1.807) is 0 Å². The van der Waals surface area contributed by atoms with Crippen LogP contribution in [0.3, 0.4) is 0 Å². The molecular formula is C46H35N3. The van der Waals surface area contributed by atoms with Crippen molar-refractivity contribution >= 4 is 21.8 Å². The highest BCUT2D eigenvalue weighted by Gasteiger charge is 2.41. The van der Waals surface area contributed by atoms with Crippen LogP contribution >= 0.6 is 0 Å². The maximum absolute atomic E-state index is 5.46. The number of hydrogen-bond donors (Lipinski definition) is 0. The van der Waals surface area contributed by atoms with Crippen molar-refractivity contribution in [2.24, 2.45) is 0 Å². The second-order valence-electron chi connectivity index (χ2n) is 14.6. The van der Waals surface area contributed by atoms with Crippen LogP contribution in [0.5, 0.6) is 0 Å². The van der Waals surface area contributed by atoms with Crippen LogP contribution in [-0.2, 0) is 10.8 Å². The summed E-state index contributed by atoms with van der Waals surface area (Å²) in [6.07, 6.45) is 0. The third-order valence-electron chi connectivity index (χ3n) is 11.2. The molecule has 49 heavy (non-hydrogen) atoms. The van der Waals surface area contributed by atoms with Gasteiger partial charge < -0.3 is 0 Å². The molecule has 0 bridgehead atoms. The fourth-order valence-electron chi connectivity index (χ4n) is 8.88. The van der Waals surface area contributed by atoms with E-state index in [2.05, 4.69) is 172 Å². The molecule has 8 aromatic rings. The lowest BCUT2D eigenvalue weighted by atomic mass is 9.81. The molecule has 3 nitrogen and oxygen atoms in total. The Labute approximate surface area is 286 Å². The summed E-state index contributed by atoms with van der Waals surface area (Å²) in [6.45, 7) is 9.46. The molecule has 3 heteroatoms. The van der Waals surface area contributed by atoms with Crippen molar-refractivity contribution < 1.29 is 0 Å². The highest BCUT2D eigenvalue weighted by atomic mass is 15.2. The first-order valence-corrected chi connectivity index (χ1v) is 17.2. The van der Waals surface area contributed by atoms with E-state index in [1.165, 1.54) is 66.3 Å². The number of nitrogens with zero attached hydrogens (tertiary/aromatic N) is 3. The van der Waals surface area contributed by atoms with E-state index in [4.69, 9.17) is 9.97 Å². The minimum Gasteiger partial charge on any atom is -0.277 e. The Morgan fingerprint density at radius 1 is 0.449 bits per heavy atom. The van der Waals surface area contributed by atoms with E-state index in [9.17, 15) is 0 Å². The van der Waals surface area contributed by atoms with Crippen LogP contribution in [-0.4, -0.2) is 14.5 Å². The number of hydrogen-bond acceptors (Lipinski definition) is 2. The summed E-state index contributed by atoms with van der Waals surface area (Å²) >= 11 is 0. The zero-order chi connectivity index (χ0) is 33.1. The van der Waals surface area contributed by atoms with E-state index < -0.39 is 0 Å². The molecule has 0 aliphatic heterocycles. The lowest BCUT2D eigenvalue weighted by Gasteiger charge is -2.23. The quantitative estimate of drug-likeness (QED) is 0.195. The number of fused-ring (bicyclic) bond motifs is 11. The van der Waals surface area contributed by atoms with E-state index in [-0.39, 0.29) is 10.8 Å². The lowest BCUT2D eigenvalue weighted by molar-refractivity contribution is 0.660. The smallest absolute Gasteiger partial charge is 0.235 e. The summed E-state index contributed by atoms with van der Waals surface area (Å²) in [5.74, 6) is 0.691. The van der Waals surface area contributed by atoms with Gasteiger partial charge in [0.15, 0.2) is 0 Å². The van der Waals surface area contributed by atoms with Crippen LogP contribution in [0.1, 0.15) is 49.9 Å². The number of benzene rings is 6. The Hall–Kier alpha value is -5.80. The molecule has 0 radical (unpaired) electrons. The van der Waals surface area contributed by atoms with Gasteiger partial charge in [-0.2, -0.15) is 0 Å². The first-order chi connectivity index (χ1) is 23.8. The molecule has 6 aromatic carbocycles. The van der Waals surface area contributed by atoms with E-state index in [1.807, 2.05) is 0 Å². The highest BCUT2D eigenvalue weighted by molar-refractivity contribution is 6.18. The van der Waals surface area contributed by atoms with Crippen molar-refractivity contribution in [3.63, 3.8) is 0 Å². The van der Waals surface area contributed by atoms with Gasteiger partial charge in [-0.05, 0) is 45.0 Å². The van der Waals surface area contributed by atoms with Crippen LogP contribution < -0.4 is 0 Å². The molecule has 2 heterocycles. The molecule has 0 saturated heterocycles. The van der Waals surface area contributed by atoms with Crippen molar-refractivity contribution in [1.29, 1.82) is 0 Å². The Balaban J connectivity index is 1.42. The Morgan fingerprint density at radius 3 is 1.63 bits per heavy atom. The Bertz CT molecular complexity index is 2580. The second-order valence-corrected chi connectivity index (χ2v) is 14.6. The van der Waals surface area contributed by atoms with Gasteiger partial charge >= 0.3 is 0 Å². The summed E-state index contributed by atoms with van der Waals surface area (Å²) in [7, 11) is 0. The first-order valence-electron chi connectivity index (χ1n) is 17.2. The van der Waals surface area contributed by atoms with Gasteiger partial charge in [0, 0.05) is 38.3 Å². The van der Waals surface area contributed by atoms with Crippen molar-refractivity contribution in [2.75, 3.05) is 0 Å². The summed E-state index contributed by atoms with van der Waals surface area (Å²) < 4.78 is 2.42. The molecule has 234 valence electrons. The van der Waals surface area contributed by atoms with Gasteiger partial charge in [-0.1, -0.05) is 161 Å². The van der Waals surface area contributed by atoms with Crippen molar-refractivity contribution in [3.05, 3.63) is 162 Å². The van der Waals surface area contributed by atoms with Crippen molar-refractivity contribution in [2.45, 2.75) is 38.5 Å². The largest absolute Gasteiger partial charge is 0.277 e. The third-order valence-corrected chi connectivity index (χ3v) is 11.2. The predicted molar refractivity (Wildman–Crippen MR) is 202 cm³/mol. The fourth-order valence-corrected chi connectivity index (χ4v) is 8.88. The number of rotatable bonds is 3. The molecule has 10 rings (SSSR count). The van der Waals surface area contributed by atoms with Crippen LogP contribution in [0, 0.1) is 0 Å². The fraction of sp³-hybridized carbons (Fsp3) is 0.130. The molecule has 0 N–H and O–H groups in total. The lowest BCUT2D eigenvalue weighted by Crippen LogP contribution is -2.17. The van der Waals surface area contributed by atoms with Crippen LogP contribution in [0.25, 0.3) is 72.5 Å². The standard InChI is InChI=1S/C46H35N3/c1-45(2)36-22-14-12-20-34(36)40-37(45)26-25-32-33-24-23-31-30-19-11-13-21-35(30)46(3,4)41(31)43(33)49(42(32)40)44-47-38(28-15-7-5-8-16-28)27-39(48-44)29-17-9-6-10-18-29/h5-27H,1-4H3. The molecular weight excluding hydrogens is 595 g/mol. The molecule has 2 aliphatic carbocycles. The monoisotopic (exact) mass is 629 g/mol. The normalized spacial score (nSPS) is 14.9. The molecule has 0 atom stereocenters. The van der Waals surface area contributed by atoms with Gasteiger partial charge in [0.05, 0.1) is 22.4 Å². The van der Waals surface area contributed by atoms with Crippen LogP contribution in [0.4, 0.5) is 0 Å². The van der Waals surface area contributed by atoms with Gasteiger partial charge in [-0.25, -0.2) is 9.97 Å². The second kappa shape index (κ2) is 9.87. The summed E-state index contributed by atoms with van der Waals surface area (Å²) in [5, 5.41) is 2.46. The summed E-state index contributed by atoms with van der Waals surface area (Å²) in [6, 6.07) is 50.4. The maximum Gasteiger partial charge on any atom is 0.235 e. The molecule has 2 aromatic heterocycles. The van der Waals surface area contributed by atoms with Crippen LogP contribution in [0.15, 0.2) is 140 Å². The topological polar surface area (TPSA) is 30.7 Å². The maximum atomic E-state index is 5.46. The van der Waals surface area contributed by atoms with Gasteiger partial charge in [0.25, 0.3) is 0 Å². The average molecular weight is 630 g/mol. The van der Waals surface area contributed by atoms with E-state index in [0.717, 1.165) is 22.5 Å². The summed E-state index contributed by atoms with van der Waals surface area (Å²) in [5.41, 5.74) is 16.5. The third kappa shape index (κ3) is 3.79.